The number of anilines is 1. The standard InChI is InChI=1S/C18H17F2N3O4/c19-13-5-6-16(23(25)26)17(11-13)27-12-18(24)22-9-7-21(8-10-22)15-4-2-1-3-14(15)20/h1-6,11H,7-10,12H2. The van der Waals surface area contributed by atoms with Crippen LogP contribution in [0.1, 0.15) is 0 Å². The predicted octanol–water partition coefficient (Wildman–Crippen LogP) is 2.60. The maximum atomic E-state index is 13.8. The third kappa shape index (κ3) is 4.30. The summed E-state index contributed by atoms with van der Waals surface area (Å²) in [5.74, 6) is -1.68. The van der Waals surface area contributed by atoms with Crippen molar-refractivity contribution in [3.05, 3.63) is 64.2 Å². The minimum Gasteiger partial charge on any atom is -0.477 e. The van der Waals surface area contributed by atoms with E-state index in [9.17, 15) is 23.7 Å². The molecule has 1 heterocycles. The second-order valence-corrected chi connectivity index (χ2v) is 5.98. The number of para-hydroxylation sites is 1. The average molecular weight is 377 g/mol. The van der Waals surface area contributed by atoms with Crippen molar-refractivity contribution in [2.45, 2.75) is 0 Å². The Bertz CT molecular complexity index is 854. The number of nitro groups is 1. The SMILES string of the molecule is O=C(COc1cc(F)ccc1[N+](=O)[O-])N1CCN(c2ccccc2F)CC1. The summed E-state index contributed by atoms with van der Waals surface area (Å²) in [6.07, 6.45) is 0. The lowest BCUT2D eigenvalue weighted by molar-refractivity contribution is -0.385. The van der Waals surface area contributed by atoms with Gasteiger partial charge in [0.1, 0.15) is 11.6 Å². The van der Waals surface area contributed by atoms with E-state index in [1.165, 1.54) is 11.0 Å². The molecule has 0 aliphatic carbocycles. The summed E-state index contributed by atoms with van der Waals surface area (Å²) >= 11 is 0. The molecule has 7 nitrogen and oxygen atoms in total. The fourth-order valence-corrected chi connectivity index (χ4v) is 2.89. The van der Waals surface area contributed by atoms with E-state index in [2.05, 4.69) is 0 Å². The fourth-order valence-electron chi connectivity index (χ4n) is 2.89. The Kier molecular flexibility index (Phi) is 5.49. The van der Waals surface area contributed by atoms with Gasteiger partial charge in [-0.25, -0.2) is 8.78 Å². The molecule has 0 spiro atoms. The molecule has 0 radical (unpaired) electrons. The van der Waals surface area contributed by atoms with Crippen molar-refractivity contribution in [2.75, 3.05) is 37.7 Å². The molecule has 0 N–H and O–H groups in total. The number of hydrogen-bond acceptors (Lipinski definition) is 5. The Labute approximate surface area is 153 Å². The number of nitrogens with zero attached hydrogens (tertiary/aromatic N) is 3. The molecule has 1 saturated heterocycles. The molecule has 0 bridgehead atoms. The van der Waals surface area contributed by atoms with E-state index in [4.69, 9.17) is 4.74 Å². The van der Waals surface area contributed by atoms with Crippen molar-refractivity contribution in [3.8, 4) is 5.75 Å². The van der Waals surface area contributed by atoms with Crippen LogP contribution in [0.5, 0.6) is 5.75 Å². The molecule has 27 heavy (non-hydrogen) atoms. The number of nitro benzene ring substituents is 1. The Morgan fingerprint density at radius 2 is 1.81 bits per heavy atom. The molecule has 2 aromatic carbocycles. The van der Waals surface area contributed by atoms with E-state index in [-0.39, 0.29) is 17.5 Å². The first-order valence-corrected chi connectivity index (χ1v) is 8.29. The van der Waals surface area contributed by atoms with Crippen LogP contribution < -0.4 is 9.64 Å². The lowest BCUT2D eigenvalue weighted by Gasteiger charge is -2.36. The number of ether oxygens (including phenoxy) is 1. The van der Waals surface area contributed by atoms with Crippen LogP contribution in [-0.2, 0) is 4.79 Å². The van der Waals surface area contributed by atoms with Crippen LogP contribution in [0.2, 0.25) is 0 Å². The van der Waals surface area contributed by atoms with Gasteiger partial charge >= 0.3 is 5.69 Å². The molecule has 1 aliphatic rings. The molecule has 0 unspecified atom stereocenters. The maximum absolute atomic E-state index is 13.8. The van der Waals surface area contributed by atoms with Crippen molar-refractivity contribution in [3.63, 3.8) is 0 Å². The molecule has 1 amide bonds. The monoisotopic (exact) mass is 377 g/mol. The van der Waals surface area contributed by atoms with Gasteiger partial charge in [0.25, 0.3) is 5.91 Å². The van der Waals surface area contributed by atoms with Gasteiger partial charge in [-0.2, -0.15) is 0 Å². The van der Waals surface area contributed by atoms with E-state index >= 15 is 0 Å². The number of amides is 1. The minimum atomic E-state index is -0.702. The minimum absolute atomic E-state index is 0.293. The second-order valence-electron chi connectivity index (χ2n) is 5.98. The topological polar surface area (TPSA) is 75.9 Å². The molecular weight excluding hydrogens is 360 g/mol. The van der Waals surface area contributed by atoms with Crippen LogP contribution in [0.15, 0.2) is 42.5 Å². The maximum Gasteiger partial charge on any atom is 0.311 e. The van der Waals surface area contributed by atoms with Crippen LogP contribution in [-0.4, -0.2) is 48.5 Å². The highest BCUT2D eigenvalue weighted by molar-refractivity contribution is 5.78. The van der Waals surface area contributed by atoms with Crippen LogP contribution in [0.25, 0.3) is 0 Å². The highest BCUT2D eigenvalue weighted by Gasteiger charge is 2.24. The van der Waals surface area contributed by atoms with E-state index in [1.807, 2.05) is 4.90 Å². The highest BCUT2D eigenvalue weighted by atomic mass is 19.1. The first-order valence-electron chi connectivity index (χ1n) is 8.29. The van der Waals surface area contributed by atoms with Gasteiger partial charge in [-0.3, -0.25) is 14.9 Å². The third-order valence-corrected chi connectivity index (χ3v) is 4.30. The third-order valence-electron chi connectivity index (χ3n) is 4.30. The summed E-state index contributed by atoms with van der Waals surface area (Å²) in [5.41, 5.74) is 0.0739. The highest BCUT2D eigenvalue weighted by Crippen LogP contribution is 2.27. The number of carbonyl (C=O) groups is 1. The molecular formula is C18H17F2N3O4. The normalized spacial score (nSPS) is 14.1. The van der Waals surface area contributed by atoms with Crippen molar-refractivity contribution in [1.29, 1.82) is 0 Å². The van der Waals surface area contributed by atoms with E-state index in [1.54, 1.807) is 18.2 Å². The van der Waals surface area contributed by atoms with Gasteiger partial charge in [0.15, 0.2) is 6.61 Å². The molecule has 142 valence electrons. The second kappa shape index (κ2) is 7.98. The van der Waals surface area contributed by atoms with Gasteiger partial charge in [0.05, 0.1) is 10.6 Å². The van der Waals surface area contributed by atoms with Crippen LogP contribution in [0.4, 0.5) is 20.2 Å². The molecule has 3 rings (SSSR count). The Morgan fingerprint density at radius 3 is 2.48 bits per heavy atom. The first-order chi connectivity index (χ1) is 13.0. The molecule has 0 aromatic heterocycles. The fraction of sp³-hybridized carbons (Fsp3) is 0.278. The Balaban J connectivity index is 1.57. The summed E-state index contributed by atoms with van der Waals surface area (Å²) in [7, 11) is 0. The Hall–Kier alpha value is -3.23. The molecule has 2 aromatic rings. The first kappa shape index (κ1) is 18.6. The molecule has 1 aliphatic heterocycles. The average Bonchev–Trinajstić information content (AvgIpc) is 2.66. The predicted molar refractivity (Wildman–Crippen MR) is 93.7 cm³/mol. The Morgan fingerprint density at radius 1 is 1.11 bits per heavy atom. The molecule has 0 saturated carbocycles. The number of rotatable bonds is 5. The quantitative estimate of drug-likeness (QED) is 0.591. The van der Waals surface area contributed by atoms with Gasteiger partial charge < -0.3 is 14.5 Å². The summed E-state index contributed by atoms with van der Waals surface area (Å²) in [4.78, 5) is 25.9. The van der Waals surface area contributed by atoms with E-state index in [0.29, 0.717) is 31.9 Å². The van der Waals surface area contributed by atoms with Crippen LogP contribution in [0.3, 0.4) is 0 Å². The van der Waals surface area contributed by atoms with E-state index < -0.39 is 23.0 Å². The number of halogens is 2. The van der Waals surface area contributed by atoms with Gasteiger partial charge in [-0.15, -0.1) is 0 Å². The van der Waals surface area contributed by atoms with Gasteiger partial charge in [0.2, 0.25) is 5.75 Å². The molecule has 9 heteroatoms. The number of hydrogen-bond donors (Lipinski definition) is 0. The van der Waals surface area contributed by atoms with Gasteiger partial charge in [0, 0.05) is 38.3 Å². The van der Waals surface area contributed by atoms with Gasteiger partial charge in [-0.05, 0) is 18.2 Å². The van der Waals surface area contributed by atoms with E-state index in [0.717, 1.165) is 18.2 Å². The van der Waals surface area contributed by atoms with Crippen LogP contribution >= 0.6 is 0 Å². The van der Waals surface area contributed by atoms with Gasteiger partial charge in [-0.1, -0.05) is 12.1 Å². The summed E-state index contributed by atoms with van der Waals surface area (Å²) in [6, 6.07) is 9.24. The lowest BCUT2D eigenvalue weighted by Crippen LogP contribution is -2.50. The van der Waals surface area contributed by atoms with Crippen molar-refractivity contribution in [1.82, 2.24) is 4.90 Å². The molecule has 1 fully saturated rings. The largest absolute Gasteiger partial charge is 0.477 e. The summed E-state index contributed by atoms with van der Waals surface area (Å²) in [5, 5.41) is 10.9. The zero-order valence-electron chi connectivity index (χ0n) is 14.3. The smallest absolute Gasteiger partial charge is 0.311 e. The zero-order chi connectivity index (χ0) is 19.4. The number of carbonyl (C=O) groups excluding carboxylic acids is 1. The summed E-state index contributed by atoms with van der Waals surface area (Å²) in [6.45, 7) is 1.19. The zero-order valence-corrected chi connectivity index (χ0v) is 14.3. The van der Waals surface area contributed by atoms with Crippen molar-refractivity contribution < 1.29 is 23.2 Å². The van der Waals surface area contributed by atoms with Crippen molar-refractivity contribution >= 4 is 17.3 Å². The lowest BCUT2D eigenvalue weighted by atomic mass is 10.2. The number of piperazine rings is 1. The van der Waals surface area contributed by atoms with Crippen molar-refractivity contribution in [2.24, 2.45) is 0 Å². The van der Waals surface area contributed by atoms with Crippen LogP contribution in [0, 0.1) is 21.7 Å². The summed E-state index contributed by atoms with van der Waals surface area (Å²) < 4.78 is 32.3. The number of benzene rings is 2. The molecule has 0 atom stereocenters.